The third-order valence-corrected chi connectivity index (χ3v) is 6.97. The van der Waals surface area contributed by atoms with Gasteiger partial charge in [0.1, 0.15) is 23.0 Å². The molecule has 4 aromatic rings. The number of aliphatic hydroxyl groups excluding tert-OH is 1. The third kappa shape index (κ3) is 3.69. The maximum atomic E-state index is 13.3. The van der Waals surface area contributed by atoms with E-state index in [0.29, 0.717) is 38.6 Å². The van der Waals surface area contributed by atoms with Gasteiger partial charge in [-0.15, -0.1) is 0 Å². The van der Waals surface area contributed by atoms with E-state index in [-0.39, 0.29) is 22.2 Å². The van der Waals surface area contributed by atoms with Crippen LogP contribution < -0.4 is 9.64 Å². The number of fused-ring (bicyclic) bond motifs is 1. The number of hydrogen-bond acceptors (Lipinski definition) is 9. The van der Waals surface area contributed by atoms with Crippen molar-refractivity contribution in [1.82, 2.24) is 4.98 Å². The summed E-state index contributed by atoms with van der Waals surface area (Å²) in [5, 5.41) is 22.6. The van der Waals surface area contributed by atoms with Crippen molar-refractivity contribution in [2.75, 3.05) is 12.0 Å². The first-order valence-corrected chi connectivity index (χ1v) is 11.6. The summed E-state index contributed by atoms with van der Waals surface area (Å²) in [4.78, 5) is 43.0. The zero-order chi connectivity index (χ0) is 25.7. The summed E-state index contributed by atoms with van der Waals surface area (Å²) in [5.41, 5.74) is 1.07. The molecule has 182 valence electrons. The van der Waals surface area contributed by atoms with Crippen molar-refractivity contribution in [1.29, 1.82) is 0 Å². The van der Waals surface area contributed by atoms with Crippen LogP contribution in [0.1, 0.15) is 28.7 Å². The molecule has 10 nitrogen and oxygen atoms in total. The number of carbonyl (C=O) groups excluding carboxylic acids is 2. The van der Waals surface area contributed by atoms with E-state index in [4.69, 9.17) is 9.15 Å². The number of hydrogen-bond donors (Lipinski definition) is 1. The first-order valence-electron chi connectivity index (χ1n) is 10.8. The molecule has 0 aliphatic carbocycles. The summed E-state index contributed by atoms with van der Waals surface area (Å²) in [6, 6.07) is 11.5. The van der Waals surface area contributed by atoms with E-state index >= 15 is 0 Å². The summed E-state index contributed by atoms with van der Waals surface area (Å²) in [6.45, 7) is 3.37. The van der Waals surface area contributed by atoms with E-state index in [0.717, 1.165) is 11.3 Å². The number of carbonyl (C=O) groups is 2. The second-order valence-corrected chi connectivity index (χ2v) is 9.18. The molecule has 1 aliphatic heterocycles. The van der Waals surface area contributed by atoms with Crippen LogP contribution in [-0.4, -0.2) is 33.8 Å². The lowest BCUT2D eigenvalue weighted by Gasteiger charge is -2.23. The lowest BCUT2D eigenvalue weighted by atomic mass is 9.95. The average molecular weight is 506 g/mol. The third-order valence-electron chi connectivity index (χ3n) is 5.95. The number of benzene rings is 2. The average Bonchev–Trinajstić information content (AvgIpc) is 3.51. The molecular weight excluding hydrogens is 486 g/mol. The predicted molar refractivity (Wildman–Crippen MR) is 132 cm³/mol. The fourth-order valence-corrected chi connectivity index (χ4v) is 5.29. The molecule has 1 fully saturated rings. The molecule has 1 atom stereocenters. The number of non-ortho nitro benzene ring substituents is 1. The largest absolute Gasteiger partial charge is 0.507 e. The highest BCUT2D eigenvalue weighted by Gasteiger charge is 2.48. The maximum absolute atomic E-state index is 13.3. The molecule has 1 N–H and O–H groups in total. The molecule has 2 aromatic carbocycles. The quantitative estimate of drug-likeness (QED) is 0.131. The predicted octanol–water partition coefficient (Wildman–Crippen LogP) is 5.05. The van der Waals surface area contributed by atoms with Crippen LogP contribution in [-0.2, 0) is 9.59 Å². The highest BCUT2D eigenvalue weighted by molar-refractivity contribution is 7.22. The Balaban J connectivity index is 1.72. The minimum absolute atomic E-state index is 0.112. The molecule has 2 aromatic heterocycles. The number of nitro benzene ring substituents is 1. The van der Waals surface area contributed by atoms with Crippen molar-refractivity contribution < 1.29 is 28.8 Å². The molecule has 11 heteroatoms. The standard InChI is InChI=1S/C25H19N3O7S/c1-12-10-17(13(2)35-12)22(29)20-21(14-4-7-16(34-3)8-5-14)27(24(31)23(20)30)25-26-18-9-6-15(28(32)33)11-19(18)36-25/h4-11,21,29H,1-3H3. The Hall–Kier alpha value is -4.51. The second-order valence-electron chi connectivity index (χ2n) is 8.17. The Labute approximate surface area is 208 Å². The number of Topliss-reactive ketones (excluding diaryl/α,β-unsaturated/α-hetero) is 1. The number of aliphatic hydroxyl groups is 1. The van der Waals surface area contributed by atoms with Gasteiger partial charge < -0.3 is 14.3 Å². The number of aromatic nitrogens is 1. The van der Waals surface area contributed by atoms with Crippen molar-refractivity contribution in [2.45, 2.75) is 19.9 Å². The summed E-state index contributed by atoms with van der Waals surface area (Å²) in [5.74, 6) is -0.596. The Bertz CT molecular complexity index is 1580. The van der Waals surface area contributed by atoms with Crippen molar-refractivity contribution in [2.24, 2.45) is 0 Å². The smallest absolute Gasteiger partial charge is 0.301 e. The van der Waals surface area contributed by atoms with Crippen molar-refractivity contribution >= 4 is 49.8 Å². The van der Waals surface area contributed by atoms with Crippen LogP contribution in [0.5, 0.6) is 5.75 Å². The normalized spacial score (nSPS) is 17.2. The van der Waals surface area contributed by atoms with Crippen LogP contribution in [0, 0.1) is 24.0 Å². The van der Waals surface area contributed by atoms with E-state index in [2.05, 4.69) is 4.98 Å². The first-order chi connectivity index (χ1) is 17.2. The van der Waals surface area contributed by atoms with E-state index in [1.807, 2.05) is 0 Å². The van der Waals surface area contributed by atoms with Crippen molar-refractivity contribution in [3.05, 3.63) is 86.9 Å². The van der Waals surface area contributed by atoms with Crippen molar-refractivity contribution in [3.8, 4) is 5.75 Å². The SMILES string of the molecule is COc1ccc(C2C(=C(O)c3cc(C)oc3C)C(=O)C(=O)N2c2nc3ccc([N+](=O)[O-])cc3s2)cc1. The summed E-state index contributed by atoms with van der Waals surface area (Å²) >= 11 is 1.04. The molecule has 36 heavy (non-hydrogen) atoms. The number of aryl methyl sites for hydroxylation is 2. The molecule has 1 unspecified atom stereocenters. The number of methoxy groups -OCH3 is 1. The van der Waals surface area contributed by atoms with Crippen LogP contribution in [0.25, 0.3) is 16.0 Å². The number of ketones is 1. The zero-order valence-electron chi connectivity index (χ0n) is 19.3. The van der Waals surface area contributed by atoms with Gasteiger partial charge in [0, 0.05) is 12.1 Å². The van der Waals surface area contributed by atoms with Crippen LogP contribution in [0.15, 0.2) is 58.5 Å². The first kappa shape index (κ1) is 23.2. The van der Waals surface area contributed by atoms with Gasteiger partial charge in [0.15, 0.2) is 5.13 Å². The monoisotopic (exact) mass is 505 g/mol. The molecule has 1 aliphatic rings. The topological polar surface area (TPSA) is 136 Å². The Morgan fingerprint density at radius 3 is 2.50 bits per heavy atom. The minimum Gasteiger partial charge on any atom is -0.507 e. The number of furan rings is 1. The lowest BCUT2D eigenvalue weighted by Crippen LogP contribution is -2.29. The molecule has 0 spiro atoms. The van der Waals surface area contributed by atoms with Gasteiger partial charge in [0.05, 0.1) is 39.4 Å². The zero-order valence-corrected chi connectivity index (χ0v) is 20.2. The Morgan fingerprint density at radius 2 is 1.89 bits per heavy atom. The summed E-state index contributed by atoms with van der Waals surface area (Å²) in [7, 11) is 1.52. The molecule has 0 radical (unpaired) electrons. The van der Waals surface area contributed by atoms with Gasteiger partial charge in [-0.05, 0) is 43.7 Å². The second kappa shape index (κ2) is 8.61. The Kier molecular flexibility index (Phi) is 5.56. The van der Waals surface area contributed by atoms with Crippen molar-refractivity contribution in [3.63, 3.8) is 0 Å². The number of nitrogens with zero attached hydrogens (tertiary/aromatic N) is 3. The lowest BCUT2D eigenvalue weighted by molar-refractivity contribution is -0.384. The van der Waals surface area contributed by atoms with Gasteiger partial charge in [-0.2, -0.15) is 0 Å². The van der Waals surface area contributed by atoms with E-state index < -0.39 is 22.7 Å². The van der Waals surface area contributed by atoms with Gasteiger partial charge >= 0.3 is 5.91 Å². The van der Waals surface area contributed by atoms with E-state index in [1.54, 1.807) is 44.2 Å². The molecule has 1 saturated heterocycles. The van der Waals surface area contributed by atoms with Crippen LogP contribution >= 0.6 is 11.3 Å². The molecule has 3 heterocycles. The molecule has 1 amide bonds. The van der Waals surface area contributed by atoms with E-state index in [1.165, 1.54) is 30.2 Å². The minimum atomic E-state index is -0.999. The van der Waals surface area contributed by atoms with Crippen LogP contribution in [0.2, 0.25) is 0 Å². The van der Waals surface area contributed by atoms with Crippen LogP contribution in [0.4, 0.5) is 10.8 Å². The van der Waals surface area contributed by atoms with Crippen LogP contribution in [0.3, 0.4) is 0 Å². The maximum Gasteiger partial charge on any atom is 0.301 e. The number of thiazole rings is 1. The van der Waals surface area contributed by atoms with Gasteiger partial charge in [-0.1, -0.05) is 23.5 Å². The van der Waals surface area contributed by atoms with Gasteiger partial charge in [-0.3, -0.25) is 24.6 Å². The van der Waals surface area contributed by atoms with Gasteiger partial charge in [0.25, 0.3) is 11.5 Å². The fourth-order valence-electron chi connectivity index (χ4n) is 4.26. The van der Waals surface area contributed by atoms with Gasteiger partial charge in [-0.25, -0.2) is 4.98 Å². The Morgan fingerprint density at radius 1 is 1.17 bits per heavy atom. The molecule has 0 bridgehead atoms. The molecule has 0 saturated carbocycles. The number of anilines is 1. The van der Waals surface area contributed by atoms with E-state index in [9.17, 15) is 24.8 Å². The summed E-state index contributed by atoms with van der Waals surface area (Å²) < 4.78 is 11.2. The highest BCUT2D eigenvalue weighted by atomic mass is 32.1. The number of nitro groups is 1. The number of rotatable bonds is 5. The molecule has 5 rings (SSSR count). The number of ether oxygens (including phenoxy) is 1. The molecular formula is C25H19N3O7S. The van der Waals surface area contributed by atoms with Gasteiger partial charge in [0.2, 0.25) is 0 Å². The number of amides is 1. The fraction of sp³-hybridized carbons (Fsp3) is 0.160. The highest BCUT2D eigenvalue weighted by Crippen LogP contribution is 2.45. The summed E-state index contributed by atoms with van der Waals surface area (Å²) in [6.07, 6.45) is 0.